The number of benzene rings is 8. The summed E-state index contributed by atoms with van der Waals surface area (Å²) in [6.45, 7) is 8.19. The molecule has 336 valence electrons. The number of para-hydroxylation sites is 5. The third kappa shape index (κ3) is 9.39. The Morgan fingerprint density at radius 1 is 0.343 bits per heavy atom. The average Bonchev–Trinajstić information content (AvgIpc) is 3.44. The van der Waals surface area contributed by atoms with Gasteiger partial charge in [0.2, 0.25) is 0 Å². The molecule has 0 aliphatic heterocycles. The van der Waals surface area contributed by atoms with Crippen molar-refractivity contribution in [3.63, 3.8) is 0 Å². The Balaban J connectivity index is 1.24. The lowest BCUT2D eigenvalue weighted by Gasteiger charge is -2.33. The van der Waals surface area contributed by atoms with Crippen LogP contribution in [-0.2, 0) is 0 Å². The molecule has 0 bridgehead atoms. The first-order valence-corrected chi connectivity index (χ1v) is 23.3. The average molecular weight is 903 g/mol. The van der Waals surface area contributed by atoms with Crippen LogP contribution in [0.15, 0.2) is 298 Å². The van der Waals surface area contributed by atoms with Gasteiger partial charge in [-0.05, 0) is 145 Å². The molecular weight excluding hydrogens is 853 g/mol. The molecule has 2 heterocycles. The minimum atomic E-state index is 0.914. The van der Waals surface area contributed by atoms with E-state index in [0.29, 0.717) is 0 Å². The van der Waals surface area contributed by atoms with E-state index in [0.717, 1.165) is 90.5 Å². The Morgan fingerprint density at radius 3 is 1.01 bits per heavy atom. The highest BCUT2D eigenvalue weighted by molar-refractivity contribution is 5.99. The summed E-state index contributed by atoms with van der Waals surface area (Å²) in [6.07, 6.45) is 13.0. The van der Waals surface area contributed by atoms with Crippen LogP contribution in [0.3, 0.4) is 0 Å². The SMILES string of the molecule is C=C/C=C(\C=C)N(c1ccccc1)c1ccc(-c2cc(N(c3ccccc3)c3ccccc3)c(-c3ccc(N(c4cccnc4)c4cccnc4)cc3)cc2N(c2ccccc2)c2ccccc2)cc1. The van der Waals surface area contributed by atoms with Crippen molar-refractivity contribution in [2.24, 2.45) is 0 Å². The lowest BCUT2D eigenvalue weighted by Crippen LogP contribution is -2.15. The summed E-state index contributed by atoms with van der Waals surface area (Å²) < 4.78 is 0. The number of rotatable bonds is 16. The first-order chi connectivity index (χ1) is 34.7. The van der Waals surface area contributed by atoms with E-state index in [1.807, 2.05) is 42.7 Å². The maximum atomic E-state index is 4.48. The normalized spacial score (nSPS) is 11.1. The quantitative estimate of drug-likeness (QED) is 0.0900. The molecule has 10 aromatic rings. The molecule has 8 aromatic carbocycles. The molecule has 10 rings (SSSR count). The molecule has 0 fully saturated rings. The van der Waals surface area contributed by atoms with Crippen LogP contribution in [-0.4, -0.2) is 9.97 Å². The molecule has 0 amide bonds. The van der Waals surface area contributed by atoms with Crippen LogP contribution in [0.1, 0.15) is 0 Å². The summed E-state index contributed by atoms with van der Waals surface area (Å²) in [7, 11) is 0. The third-order valence-electron chi connectivity index (χ3n) is 12.1. The molecule has 0 spiro atoms. The largest absolute Gasteiger partial charge is 0.311 e. The van der Waals surface area contributed by atoms with Crippen LogP contribution < -0.4 is 19.6 Å². The molecule has 0 aliphatic carbocycles. The lowest BCUT2D eigenvalue weighted by atomic mass is 9.93. The van der Waals surface area contributed by atoms with Gasteiger partial charge in [0.15, 0.2) is 0 Å². The molecule has 2 aromatic heterocycles. The van der Waals surface area contributed by atoms with E-state index in [-0.39, 0.29) is 0 Å². The van der Waals surface area contributed by atoms with Crippen molar-refractivity contribution < 1.29 is 0 Å². The Labute approximate surface area is 411 Å². The maximum absolute atomic E-state index is 4.48. The summed E-state index contributed by atoms with van der Waals surface area (Å²) in [6, 6.07) is 83.3. The van der Waals surface area contributed by atoms with Crippen LogP contribution in [0.5, 0.6) is 0 Å². The number of nitrogens with zero attached hydrogens (tertiary/aromatic N) is 6. The predicted octanol–water partition coefficient (Wildman–Crippen LogP) is 17.6. The van der Waals surface area contributed by atoms with Crippen molar-refractivity contribution in [1.29, 1.82) is 0 Å². The minimum absolute atomic E-state index is 0.914. The fraction of sp³-hybridized carbons (Fsp3) is 0. The highest BCUT2D eigenvalue weighted by Gasteiger charge is 2.25. The van der Waals surface area contributed by atoms with Gasteiger partial charge >= 0.3 is 0 Å². The number of aromatic nitrogens is 2. The molecule has 70 heavy (non-hydrogen) atoms. The number of hydrogen-bond acceptors (Lipinski definition) is 6. The van der Waals surface area contributed by atoms with Gasteiger partial charge < -0.3 is 19.6 Å². The molecule has 6 heteroatoms. The van der Waals surface area contributed by atoms with E-state index < -0.39 is 0 Å². The predicted molar refractivity (Wildman–Crippen MR) is 294 cm³/mol. The summed E-state index contributed by atoms with van der Waals surface area (Å²) in [5, 5.41) is 0. The van der Waals surface area contributed by atoms with Crippen molar-refractivity contribution in [2.45, 2.75) is 0 Å². The Morgan fingerprint density at radius 2 is 0.671 bits per heavy atom. The molecule has 0 aliphatic rings. The van der Waals surface area contributed by atoms with Crippen molar-refractivity contribution in [3.05, 3.63) is 298 Å². The highest BCUT2D eigenvalue weighted by Crippen LogP contribution is 2.50. The number of pyridine rings is 2. The summed E-state index contributed by atoms with van der Waals surface area (Å²) in [4.78, 5) is 18.1. The van der Waals surface area contributed by atoms with Gasteiger partial charge in [-0.25, -0.2) is 0 Å². The van der Waals surface area contributed by atoms with E-state index in [1.54, 1.807) is 18.5 Å². The van der Waals surface area contributed by atoms with Crippen molar-refractivity contribution in [1.82, 2.24) is 9.97 Å². The fourth-order valence-electron chi connectivity index (χ4n) is 8.95. The molecule has 0 unspecified atom stereocenters. The van der Waals surface area contributed by atoms with E-state index in [4.69, 9.17) is 0 Å². The van der Waals surface area contributed by atoms with Gasteiger partial charge in [-0.1, -0.05) is 134 Å². The Bertz CT molecular complexity index is 3200. The van der Waals surface area contributed by atoms with Crippen molar-refractivity contribution in [3.8, 4) is 22.3 Å². The molecule has 0 N–H and O–H groups in total. The van der Waals surface area contributed by atoms with Crippen molar-refractivity contribution >= 4 is 62.6 Å². The van der Waals surface area contributed by atoms with Gasteiger partial charge in [0.1, 0.15) is 0 Å². The smallest absolute Gasteiger partial charge is 0.0645 e. The second-order valence-electron chi connectivity index (χ2n) is 16.5. The van der Waals surface area contributed by atoms with Crippen molar-refractivity contribution in [2.75, 3.05) is 19.6 Å². The molecule has 0 radical (unpaired) electrons. The molecule has 0 atom stereocenters. The second-order valence-corrected chi connectivity index (χ2v) is 16.5. The summed E-state index contributed by atoms with van der Waals surface area (Å²) in [5.41, 5.74) is 16.1. The third-order valence-corrected chi connectivity index (χ3v) is 12.1. The monoisotopic (exact) mass is 902 g/mol. The zero-order chi connectivity index (χ0) is 47.5. The standard InChI is InChI=1S/C64H50N6/c1-3-22-51(4-2)67(52-23-10-5-11-24-52)57-39-35-49(36-40-57)61-45-64(70(55-29-16-8-17-30-55)56-31-18-9-19-32-56)62(46-63(61)69(53-25-12-6-13-26-53)54-27-14-7-15-28-54)50-37-41-58(42-38-50)68(59-33-20-43-65-47-59)60-34-21-44-66-48-60/h3-48H,1-2H2/b51-22+. The van der Waals surface area contributed by atoms with Gasteiger partial charge in [-0.15, -0.1) is 0 Å². The first-order valence-electron chi connectivity index (χ1n) is 23.3. The Hall–Kier alpha value is -9.52. The van der Waals surface area contributed by atoms with Crippen LogP contribution in [0, 0.1) is 0 Å². The topological polar surface area (TPSA) is 38.7 Å². The summed E-state index contributed by atoms with van der Waals surface area (Å²) in [5.74, 6) is 0. The van der Waals surface area contributed by atoms with Crippen LogP contribution >= 0.6 is 0 Å². The number of allylic oxidation sites excluding steroid dienone is 3. The Kier molecular flexibility index (Phi) is 13.3. The van der Waals surface area contributed by atoms with E-state index in [2.05, 4.69) is 261 Å². The van der Waals surface area contributed by atoms with E-state index >= 15 is 0 Å². The zero-order valence-electron chi connectivity index (χ0n) is 38.7. The summed E-state index contributed by atoms with van der Waals surface area (Å²) >= 11 is 0. The minimum Gasteiger partial charge on any atom is -0.311 e. The number of hydrogen-bond donors (Lipinski definition) is 0. The molecular formula is C64H50N6. The molecule has 0 saturated carbocycles. The maximum Gasteiger partial charge on any atom is 0.0645 e. The fourth-order valence-corrected chi connectivity index (χ4v) is 8.95. The highest BCUT2D eigenvalue weighted by atomic mass is 15.2. The zero-order valence-corrected chi connectivity index (χ0v) is 38.7. The van der Waals surface area contributed by atoms with Gasteiger partial charge in [-0.2, -0.15) is 0 Å². The van der Waals surface area contributed by atoms with Gasteiger partial charge in [-0.3, -0.25) is 9.97 Å². The van der Waals surface area contributed by atoms with Gasteiger partial charge in [0.25, 0.3) is 0 Å². The molecule has 0 saturated heterocycles. The second kappa shape index (κ2) is 21.0. The van der Waals surface area contributed by atoms with Crippen LogP contribution in [0.2, 0.25) is 0 Å². The number of anilines is 11. The van der Waals surface area contributed by atoms with Crippen LogP contribution in [0.25, 0.3) is 22.3 Å². The van der Waals surface area contributed by atoms with Gasteiger partial charge in [0, 0.05) is 69.0 Å². The van der Waals surface area contributed by atoms with Crippen LogP contribution in [0.4, 0.5) is 62.6 Å². The van der Waals surface area contributed by atoms with E-state index in [9.17, 15) is 0 Å². The van der Waals surface area contributed by atoms with E-state index in [1.165, 1.54) is 0 Å². The lowest BCUT2D eigenvalue weighted by molar-refractivity contribution is 1.20. The van der Waals surface area contributed by atoms with Gasteiger partial charge in [0.05, 0.1) is 35.1 Å². The molecule has 6 nitrogen and oxygen atoms in total. The first kappa shape index (κ1) is 44.3.